The fraction of sp³-hybridized carbons (Fsp3) is 0.471. The van der Waals surface area contributed by atoms with Crippen LogP contribution in [0.1, 0.15) is 24.2 Å². The van der Waals surface area contributed by atoms with Crippen molar-refractivity contribution in [3.63, 3.8) is 0 Å². The third-order valence-electron chi connectivity index (χ3n) is 4.15. The van der Waals surface area contributed by atoms with Crippen molar-refractivity contribution in [2.75, 3.05) is 26.4 Å². The van der Waals surface area contributed by atoms with Crippen LogP contribution >= 0.6 is 0 Å². The van der Waals surface area contributed by atoms with Crippen LogP contribution in [-0.4, -0.2) is 67.0 Å². The summed E-state index contributed by atoms with van der Waals surface area (Å²) in [6.07, 6.45) is -1.09. The van der Waals surface area contributed by atoms with Crippen molar-refractivity contribution in [1.82, 2.24) is 4.98 Å². The molecule has 10 nitrogen and oxygen atoms in total. The lowest BCUT2D eigenvalue weighted by atomic mass is 10.1. The molecule has 4 heterocycles. The Balaban J connectivity index is 1.54. The van der Waals surface area contributed by atoms with Crippen LogP contribution in [0.3, 0.4) is 0 Å². The van der Waals surface area contributed by atoms with Gasteiger partial charge in [-0.25, -0.2) is 14.6 Å². The molecule has 27 heavy (non-hydrogen) atoms. The average molecular weight is 375 g/mol. The summed E-state index contributed by atoms with van der Waals surface area (Å²) in [7, 11) is 0. The molecule has 6 bridgehead atoms. The van der Waals surface area contributed by atoms with E-state index >= 15 is 0 Å². The lowest BCUT2D eigenvalue weighted by Crippen LogP contribution is -2.27. The summed E-state index contributed by atoms with van der Waals surface area (Å²) in [6.45, 7) is 0.498. The molecule has 0 radical (unpaired) electrons. The minimum Gasteiger partial charge on any atom is -0.460 e. The molecule has 4 rings (SSSR count). The molecule has 3 aliphatic rings. The highest BCUT2D eigenvalue weighted by molar-refractivity contribution is 6.05. The number of hydrogen-bond donors (Lipinski definition) is 0. The molecular weight excluding hydrogens is 358 g/mol. The van der Waals surface area contributed by atoms with Gasteiger partial charge in [0.15, 0.2) is 0 Å². The van der Waals surface area contributed by atoms with Gasteiger partial charge in [0.1, 0.15) is 24.6 Å². The molecule has 1 aromatic rings. The summed E-state index contributed by atoms with van der Waals surface area (Å²) >= 11 is 0. The van der Waals surface area contributed by atoms with E-state index in [1.54, 1.807) is 18.2 Å². The Morgan fingerprint density at radius 3 is 1.81 bits per heavy atom. The molecule has 0 unspecified atom stereocenters. The Morgan fingerprint density at radius 2 is 1.30 bits per heavy atom. The Hall–Kier alpha value is -3.01. The van der Waals surface area contributed by atoms with Gasteiger partial charge in [0.25, 0.3) is 0 Å². The molecule has 1 aromatic heterocycles. The normalized spacial score (nSPS) is 25.8. The zero-order valence-corrected chi connectivity index (χ0v) is 14.3. The first-order chi connectivity index (χ1) is 13.2. The number of nitrogens with zero attached hydrogens (tertiary/aromatic N) is 3. The highest BCUT2D eigenvalue weighted by Gasteiger charge is 2.33. The molecule has 0 saturated carbocycles. The highest BCUT2D eigenvalue weighted by Crippen LogP contribution is 2.20. The predicted octanol–water partition coefficient (Wildman–Crippen LogP) is 0.184. The van der Waals surface area contributed by atoms with Crippen LogP contribution in [0.25, 0.3) is 0 Å². The summed E-state index contributed by atoms with van der Waals surface area (Å²) in [5.74, 6) is -1.03. The van der Waals surface area contributed by atoms with Gasteiger partial charge in [0.2, 0.25) is 12.2 Å². The maximum absolute atomic E-state index is 12.0. The first kappa shape index (κ1) is 17.4. The van der Waals surface area contributed by atoms with E-state index < -0.39 is 24.1 Å². The van der Waals surface area contributed by atoms with Crippen LogP contribution in [0.4, 0.5) is 0 Å². The number of fused-ring (bicyclic) bond motifs is 8. The molecule has 142 valence electrons. The van der Waals surface area contributed by atoms with Gasteiger partial charge in [-0.1, -0.05) is 16.4 Å². The average Bonchev–Trinajstić information content (AvgIpc) is 3.36. The van der Waals surface area contributed by atoms with Crippen LogP contribution in [0.2, 0.25) is 0 Å². The first-order valence-electron chi connectivity index (χ1n) is 8.55. The maximum Gasteiger partial charge on any atom is 0.350 e. The van der Waals surface area contributed by atoms with Gasteiger partial charge in [-0.3, -0.25) is 0 Å². The Morgan fingerprint density at radius 1 is 0.778 bits per heavy atom. The molecule has 10 heteroatoms. The van der Waals surface area contributed by atoms with Crippen molar-refractivity contribution in [1.29, 1.82) is 0 Å². The van der Waals surface area contributed by atoms with Gasteiger partial charge in [0.05, 0.1) is 24.6 Å². The van der Waals surface area contributed by atoms with E-state index in [4.69, 9.17) is 23.9 Å². The number of oxime groups is 2. The topological polar surface area (TPSA) is 118 Å². The number of ether oxygens (including phenoxy) is 3. The predicted molar refractivity (Wildman–Crippen MR) is 89.0 cm³/mol. The van der Waals surface area contributed by atoms with Crippen molar-refractivity contribution in [3.8, 4) is 0 Å². The van der Waals surface area contributed by atoms with Crippen LogP contribution in [-0.2, 0) is 33.5 Å². The number of carbonyl (C=O) groups excluding carboxylic acids is 2. The van der Waals surface area contributed by atoms with Crippen molar-refractivity contribution >= 4 is 23.4 Å². The number of aromatic nitrogens is 1. The summed E-state index contributed by atoms with van der Waals surface area (Å²) in [5, 5.41) is 7.90. The van der Waals surface area contributed by atoms with Crippen LogP contribution in [0.15, 0.2) is 28.5 Å². The van der Waals surface area contributed by atoms with E-state index in [-0.39, 0.29) is 39.3 Å². The van der Waals surface area contributed by atoms with Crippen molar-refractivity contribution in [2.45, 2.75) is 25.0 Å². The fourth-order valence-corrected chi connectivity index (χ4v) is 2.76. The number of pyridine rings is 1. The zero-order chi connectivity index (χ0) is 18.6. The molecule has 3 aliphatic heterocycles. The summed E-state index contributed by atoms with van der Waals surface area (Å²) < 4.78 is 15.5. The first-order valence-corrected chi connectivity index (χ1v) is 8.55. The van der Waals surface area contributed by atoms with Crippen LogP contribution < -0.4 is 0 Å². The molecule has 0 fully saturated rings. The van der Waals surface area contributed by atoms with Crippen molar-refractivity contribution in [3.05, 3.63) is 29.6 Å². The standard InChI is InChI=1S/C17H17N3O7/c21-16-14-8-12(19-26-14)10-2-1-3-11(18-10)13-9-15(27-20-13)17(22)25-7-5-23-4-6-24-16/h1-3,14-15H,4-9H2/t14-,15-/m1/s1. The Bertz CT molecular complexity index is 746. The molecule has 0 saturated heterocycles. The van der Waals surface area contributed by atoms with E-state index in [2.05, 4.69) is 15.3 Å². The minimum absolute atomic E-state index is 0.0681. The summed E-state index contributed by atoms with van der Waals surface area (Å²) in [4.78, 5) is 38.9. The molecule has 0 aromatic carbocycles. The maximum atomic E-state index is 12.0. The molecule has 0 amide bonds. The smallest absolute Gasteiger partial charge is 0.350 e. The van der Waals surface area contributed by atoms with Gasteiger partial charge in [-0.05, 0) is 12.1 Å². The lowest BCUT2D eigenvalue weighted by Gasteiger charge is -2.11. The molecular formula is C17H17N3O7. The van der Waals surface area contributed by atoms with Crippen molar-refractivity contribution in [2.24, 2.45) is 10.3 Å². The highest BCUT2D eigenvalue weighted by atomic mass is 16.7. The number of cyclic esters (lactones) is 2. The lowest BCUT2D eigenvalue weighted by molar-refractivity contribution is -0.158. The van der Waals surface area contributed by atoms with E-state index in [0.29, 0.717) is 22.8 Å². The quantitative estimate of drug-likeness (QED) is 0.590. The molecule has 0 aliphatic carbocycles. The molecule has 2 atom stereocenters. The number of hydrogen-bond acceptors (Lipinski definition) is 10. The van der Waals surface area contributed by atoms with Gasteiger partial charge in [0, 0.05) is 12.8 Å². The van der Waals surface area contributed by atoms with Gasteiger partial charge < -0.3 is 23.9 Å². The Labute approximate surface area is 154 Å². The summed E-state index contributed by atoms with van der Waals surface area (Å²) in [6, 6.07) is 5.30. The second kappa shape index (κ2) is 7.70. The second-order valence-corrected chi connectivity index (χ2v) is 6.03. The van der Waals surface area contributed by atoms with Crippen LogP contribution in [0, 0.1) is 0 Å². The van der Waals surface area contributed by atoms with Crippen molar-refractivity contribution < 1.29 is 33.5 Å². The number of esters is 2. The minimum atomic E-state index is -0.804. The summed E-state index contributed by atoms with van der Waals surface area (Å²) in [5.41, 5.74) is 2.18. The number of carbonyl (C=O) groups is 2. The zero-order valence-electron chi connectivity index (χ0n) is 14.3. The largest absolute Gasteiger partial charge is 0.460 e. The fourth-order valence-electron chi connectivity index (χ4n) is 2.76. The second-order valence-electron chi connectivity index (χ2n) is 6.03. The van der Waals surface area contributed by atoms with E-state index in [1.807, 2.05) is 0 Å². The van der Waals surface area contributed by atoms with Gasteiger partial charge >= 0.3 is 11.9 Å². The van der Waals surface area contributed by atoms with Gasteiger partial charge in [-0.15, -0.1) is 0 Å². The Kier molecular flexibility index (Phi) is 4.97. The third kappa shape index (κ3) is 3.90. The molecule has 0 spiro atoms. The molecule has 0 N–H and O–H groups in total. The van der Waals surface area contributed by atoms with E-state index in [0.717, 1.165) is 0 Å². The van der Waals surface area contributed by atoms with E-state index in [1.165, 1.54) is 0 Å². The van der Waals surface area contributed by atoms with Gasteiger partial charge in [-0.2, -0.15) is 0 Å². The third-order valence-corrected chi connectivity index (χ3v) is 4.15. The van der Waals surface area contributed by atoms with Crippen LogP contribution in [0.5, 0.6) is 0 Å². The van der Waals surface area contributed by atoms with E-state index in [9.17, 15) is 9.59 Å². The monoisotopic (exact) mass is 375 g/mol. The number of rotatable bonds is 0. The SMILES string of the molecule is O=C1OCCOCCOC(=O)[C@H]2CC(=NO2)c2cccc(n2)C2=NO[C@@H]1C2.